The van der Waals surface area contributed by atoms with Gasteiger partial charge in [0.1, 0.15) is 33.4 Å². The van der Waals surface area contributed by atoms with Crippen molar-refractivity contribution in [2.75, 3.05) is 16.8 Å². The smallest absolute Gasteiger partial charge is 0.379 e. The first-order valence-corrected chi connectivity index (χ1v) is 39.9. The molecule has 2 N–H and O–H groups in total. The normalized spacial score (nSPS) is 14.6. The third-order valence-electron chi connectivity index (χ3n) is 19.4. The van der Waals surface area contributed by atoms with E-state index in [2.05, 4.69) is 30.9 Å². The highest BCUT2D eigenvalue weighted by atomic mass is 32.2. The second kappa shape index (κ2) is 34.8. The number of aromatic nitrogens is 5. The summed E-state index contributed by atoms with van der Waals surface area (Å²) in [5, 5.41) is 17.4. The molecule has 1 fully saturated rings. The molecule has 3 atom stereocenters. The van der Waals surface area contributed by atoms with E-state index < -0.39 is 88.2 Å². The maximum atomic E-state index is 16.0. The number of benzene rings is 10. The van der Waals surface area contributed by atoms with Crippen molar-refractivity contribution in [1.82, 2.24) is 34.8 Å². The van der Waals surface area contributed by atoms with E-state index in [1.54, 1.807) is 66.9 Å². The zero-order chi connectivity index (χ0) is 80.3. The number of aryl methyl sites for hydroxylation is 1. The molecule has 0 aliphatic carbocycles. The maximum absolute atomic E-state index is 16.0. The van der Waals surface area contributed by atoms with E-state index in [1.165, 1.54) is 65.0 Å². The highest BCUT2D eigenvalue weighted by Crippen LogP contribution is 2.46. The zero-order valence-electron chi connectivity index (χ0n) is 62.8. The van der Waals surface area contributed by atoms with Crippen molar-refractivity contribution in [2.24, 2.45) is 5.16 Å². The summed E-state index contributed by atoms with van der Waals surface area (Å²) >= 11 is 3.68. The summed E-state index contributed by atoms with van der Waals surface area (Å²) in [5.41, 5.74) is 3.25. The topological polar surface area (TPSA) is 270 Å². The van der Waals surface area contributed by atoms with Crippen LogP contribution in [0.1, 0.15) is 117 Å². The molecule has 2 aliphatic heterocycles. The fourth-order valence-electron chi connectivity index (χ4n) is 13.8. The third kappa shape index (κ3) is 16.7. The number of hydrogen-bond acceptors (Lipinski definition) is 22. The number of nitrogens with one attached hydrogen (secondary N) is 2. The molecule has 0 saturated carbocycles. The molecule has 15 rings (SSSR count). The Balaban J connectivity index is 0.809. The average molecular weight is 1600 g/mol. The van der Waals surface area contributed by atoms with E-state index in [0.717, 1.165) is 46.1 Å². The van der Waals surface area contributed by atoms with Gasteiger partial charge in [-0.3, -0.25) is 24.1 Å². The SMILES string of the molecule is CC(=O)Oc1ccc(C(C)(O/N=C(\C(=O)N[C@@H]2C(=O)N3C(C(=O)OC(c4ccccc4)c4ccccc4)=C(CSc4cc(C)nc5nc(C(=O)OC(c6ccccc6)c6ccccc6)nn45)CS[C@H]23)c2csc(NC(c3ccccc3)(c3ccccc3)c3ccccc3)n2)C(=O)OC(c2ccccc2)c2ccccc2)cc1OC(C)=O. The van der Waals surface area contributed by atoms with Gasteiger partial charge in [-0.25, -0.2) is 24.4 Å². The molecule has 1 saturated heterocycles. The number of nitrogens with zero attached hydrogens (tertiary/aromatic N) is 7. The van der Waals surface area contributed by atoms with Gasteiger partial charge in [0.05, 0.1) is 0 Å². The molecule has 22 nitrogen and oxygen atoms in total. The second-order valence-electron chi connectivity index (χ2n) is 27.2. The van der Waals surface area contributed by atoms with Crippen LogP contribution in [0, 0.1) is 6.92 Å². The molecule has 578 valence electrons. The van der Waals surface area contributed by atoms with Gasteiger partial charge in [0.15, 0.2) is 40.7 Å². The number of thiazole rings is 1. The molecular formula is C91H73N9O13S3. The van der Waals surface area contributed by atoms with Gasteiger partial charge >= 0.3 is 29.8 Å². The van der Waals surface area contributed by atoms with Crippen LogP contribution in [0.4, 0.5) is 5.13 Å². The molecule has 2 amide bonds. The molecule has 10 aromatic carbocycles. The lowest BCUT2D eigenvalue weighted by Gasteiger charge is -2.49. The highest BCUT2D eigenvalue weighted by Gasteiger charge is 2.55. The molecule has 1 unspecified atom stereocenters. The van der Waals surface area contributed by atoms with Gasteiger partial charge in [-0.15, -0.1) is 40.0 Å². The van der Waals surface area contributed by atoms with Crippen molar-refractivity contribution in [3.63, 3.8) is 0 Å². The molecule has 116 heavy (non-hydrogen) atoms. The number of carbonyl (C=O) groups is 7. The predicted molar refractivity (Wildman–Crippen MR) is 439 cm³/mol. The Morgan fingerprint density at radius 1 is 0.543 bits per heavy atom. The zero-order valence-corrected chi connectivity index (χ0v) is 65.3. The third-order valence-corrected chi connectivity index (χ3v) is 22.6. The van der Waals surface area contributed by atoms with Crippen molar-refractivity contribution in [2.45, 2.75) is 73.6 Å². The fourth-order valence-corrected chi connectivity index (χ4v) is 17.1. The van der Waals surface area contributed by atoms with Crippen molar-refractivity contribution < 1.29 is 62.1 Å². The number of β-lactam (4-membered cyclic amide) rings is 1. The molecule has 2 aliphatic rings. The summed E-state index contributed by atoms with van der Waals surface area (Å²) in [4.78, 5) is 125. The molecule has 5 heterocycles. The first-order chi connectivity index (χ1) is 56.5. The Morgan fingerprint density at radius 2 is 0.991 bits per heavy atom. The standard InChI is InChI=1S/C91H73N9O13S3/c1-57-52-74(100-88(92-57)95-81(97-100)86(106)111-79(62-36-18-7-19-37-62)63-38-20-8-21-39-63)114-54-66-55-115-84-76(83(104)99(84)77(66)85(105)110-78(60-32-14-5-15-33-60)61-34-16-6-17-35-61)94-82(103)75(71-56-116-89(93-71)96-91(67-44-26-11-27-45-67,68-46-28-12-29-47-68)69-48-30-13-31-49-69)98-113-90(4,70-50-51-72(108-58(2)101)73(53-70)109-59(3)102)87(107)112-80(64-40-22-9-23-41-64)65-42-24-10-25-43-65/h5-53,56,76,78-80,84H,54-55H2,1-4H3,(H,93,96)(H,94,103)/b98-75-/t76-,84-,90?/m1/s1. The maximum Gasteiger partial charge on any atom is 0.379 e. The average Bonchev–Trinajstić information content (AvgIpc) is 1.15. The number of rotatable bonds is 28. The number of fused-ring (bicyclic) bond motifs is 2. The van der Waals surface area contributed by atoms with Gasteiger partial charge in [-0.2, -0.15) is 9.50 Å². The van der Waals surface area contributed by atoms with Crippen LogP contribution < -0.4 is 20.1 Å². The van der Waals surface area contributed by atoms with Gasteiger partial charge in [0.2, 0.25) is 0 Å². The van der Waals surface area contributed by atoms with Crippen LogP contribution in [0.5, 0.6) is 11.5 Å². The van der Waals surface area contributed by atoms with Gasteiger partial charge in [0, 0.05) is 42.0 Å². The number of anilines is 1. The van der Waals surface area contributed by atoms with E-state index in [-0.39, 0.29) is 51.6 Å². The largest absolute Gasteiger partial charge is 0.449 e. The molecule has 3 aromatic heterocycles. The lowest BCUT2D eigenvalue weighted by atomic mass is 9.77. The van der Waals surface area contributed by atoms with E-state index in [1.807, 2.05) is 224 Å². The van der Waals surface area contributed by atoms with Gasteiger partial charge in [-0.1, -0.05) is 284 Å². The highest BCUT2D eigenvalue weighted by molar-refractivity contribution is 8.01. The fraction of sp³-hybridized carbons (Fsp3) is 0.143. The minimum absolute atomic E-state index is 0.0478. The van der Waals surface area contributed by atoms with Gasteiger partial charge in [0.25, 0.3) is 29.0 Å². The first kappa shape index (κ1) is 77.7. The number of hydrogen-bond donors (Lipinski definition) is 2. The summed E-state index contributed by atoms with van der Waals surface area (Å²) in [5.74, 6) is -6.31. The van der Waals surface area contributed by atoms with Crippen molar-refractivity contribution in [3.8, 4) is 11.5 Å². The van der Waals surface area contributed by atoms with Crippen molar-refractivity contribution >= 4 is 93.1 Å². The lowest BCUT2D eigenvalue weighted by Crippen LogP contribution is -2.71. The van der Waals surface area contributed by atoms with Crippen LogP contribution in [0.15, 0.2) is 324 Å². The minimum Gasteiger partial charge on any atom is -0.449 e. The monoisotopic (exact) mass is 1600 g/mol. The Bertz CT molecular complexity index is 5610. The van der Waals surface area contributed by atoms with E-state index >= 15 is 19.2 Å². The molecular weight excluding hydrogens is 1520 g/mol. The Hall–Kier alpha value is -13.6. The van der Waals surface area contributed by atoms with Gasteiger partial charge < -0.3 is 39.2 Å². The van der Waals surface area contributed by atoms with Crippen LogP contribution in [0.2, 0.25) is 0 Å². The number of oxime groups is 1. The molecule has 0 spiro atoms. The molecule has 0 radical (unpaired) electrons. The van der Waals surface area contributed by atoms with E-state index in [0.29, 0.717) is 43.7 Å². The summed E-state index contributed by atoms with van der Waals surface area (Å²) in [6, 6.07) is 88.8. The van der Waals surface area contributed by atoms with Crippen molar-refractivity contribution in [1.29, 1.82) is 0 Å². The van der Waals surface area contributed by atoms with Crippen molar-refractivity contribution in [3.05, 3.63) is 387 Å². The number of amides is 2. The Kier molecular flexibility index (Phi) is 23.3. The number of thioether (sulfide) groups is 2. The van der Waals surface area contributed by atoms with E-state index in [9.17, 15) is 14.4 Å². The quantitative estimate of drug-likeness (QED) is 0.00531. The molecule has 13 aromatic rings. The summed E-state index contributed by atoms with van der Waals surface area (Å²) in [7, 11) is 0. The van der Waals surface area contributed by atoms with Gasteiger partial charge in [-0.05, 0) is 87.7 Å². The van der Waals surface area contributed by atoms with E-state index in [4.69, 9.17) is 33.5 Å². The lowest BCUT2D eigenvalue weighted by molar-refractivity contribution is -0.176. The number of carbonyl (C=O) groups excluding carboxylic acids is 7. The predicted octanol–water partition coefficient (Wildman–Crippen LogP) is 15.8. The summed E-state index contributed by atoms with van der Waals surface area (Å²) in [6.07, 6.45) is -2.81. The number of esters is 5. The first-order valence-electron chi connectivity index (χ1n) is 37.0. The summed E-state index contributed by atoms with van der Waals surface area (Å²) in [6.45, 7) is 5.44. The van der Waals surface area contributed by atoms with Crippen LogP contribution in [0.3, 0.4) is 0 Å². The second-order valence-corrected chi connectivity index (χ2v) is 30.2. The number of ether oxygens (including phenoxy) is 5. The molecule has 25 heteroatoms. The summed E-state index contributed by atoms with van der Waals surface area (Å²) < 4.78 is 31.9. The van der Waals surface area contributed by atoms with Crippen LogP contribution in [-0.4, -0.2) is 99.8 Å². The van der Waals surface area contributed by atoms with Crippen LogP contribution >= 0.6 is 34.9 Å². The minimum atomic E-state index is -2.40. The molecule has 0 bridgehead atoms. The van der Waals surface area contributed by atoms with Crippen LogP contribution in [0.25, 0.3) is 5.78 Å². The Labute approximate surface area is 679 Å². The Morgan fingerprint density at radius 3 is 1.47 bits per heavy atom. The van der Waals surface area contributed by atoms with Crippen LogP contribution in [-0.2, 0) is 59.0 Å².